The highest BCUT2D eigenvalue weighted by molar-refractivity contribution is 5.91. The molecule has 2 rings (SSSR count). The summed E-state index contributed by atoms with van der Waals surface area (Å²) in [7, 11) is 0. The molecule has 0 atom stereocenters. The largest absolute Gasteiger partial charge is 0.508 e. The van der Waals surface area contributed by atoms with Crippen LogP contribution in [0, 0.1) is 6.92 Å². The highest BCUT2D eigenvalue weighted by Gasteiger charge is 2.10. The Morgan fingerprint density at radius 3 is 2.47 bits per heavy atom. The Labute approximate surface area is 103 Å². The minimum atomic E-state index is 0.460. The van der Waals surface area contributed by atoms with Crippen LogP contribution in [0.5, 0.6) is 5.75 Å². The number of aryl methyl sites for hydroxylation is 3. The number of phenols is 1. The number of benzene rings is 2. The lowest BCUT2D eigenvalue weighted by atomic mass is 9.94. The molecule has 0 saturated heterocycles. The molecule has 1 nitrogen and oxygen atoms in total. The Morgan fingerprint density at radius 2 is 1.82 bits per heavy atom. The van der Waals surface area contributed by atoms with Crippen LogP contribution in [-0.4, -0.2) is 5.11 Å². The van der Waals surface area contributed by atoms with Crippen molar-refractivity contribution in [1.29, 1.82) is 0 Å². The molecule has 1 N–H and O–H groups in total. The zero-order chi connectivity index (χ0) is 12.4. The van der Waals surface area contributed by atoms with Gasteiger partial charge in [0.25, 0.3) is 0 Å². The molecule has 0 heterocycles. The molecule has 0 radical (unpaired) electrons. The fourth-order valence-corrected chi connectivity index (χ4v) is 2.46. The van der Waals surface area contributed by atoms with E-state index in [-0.39, 0.29) is 0 Å². The fourth-order valence-electron chi connectivity index (χ4n) is 2.46. The maximum absolute atomic E-state index is 10.1. The normalized spacial score (nSPS) is 11.0. The van der Waals surface area contributed by atoms with Gasteiger partial charge in [0.1, 0.15) is 5.75 Å². The molecule has 0 spiro atoms. The van der Waals surface area contributed by atoms with Crippen molar-refractivity contribution in [2.45, 2.75) is 40.0 Å². The predicted molar refractivity (Wildman–Crippen MR) is 73.7 cm³/mol. The molecular formula is C16H20O. The molecule has 0 bridgehead atoms. The van der Waals surface area contributed by atoms with E-state index in [4.69, 9.17) is 0 Å². The quantitative estimate of drug-likeness (QED) is 0.827. The summed E-state index contributed by atoms with van der Waals surface area (Å²) in [5.74, 6) is 0.460. The smallest absolute Gasteiger partial charge is 0.119 e. The summed E-state index contributed by atoms with van der Waals surface area (Å²) in [6.07, 6.45) is 2.96. The molecule has 2 aromatic carbocycles. The Morgan fingerprint density at radius 1 is 1.06 bits per heavy atom. The van der Waals surface area contributed by atoms with Gasteiger partial charge in [-0.1, -0.05) is 44.0 Å². The average Bonchev–Trinajstić information content (AvgIpc) is 2.32. The van der Waals surface area contributed by atoms with Crippen molar-refractivity contribution in [1.82, 2.24) is 0 Å². The van der Waals surface area contributed by atoms with Gasteiger partial charge in [0, 0.05) is 5.56 Å². The lowest BCUT2D eigenvalue weighted by Gasteiger charge is -2.13. The van der Waals surface area contributed by atoms with Crippen molar-refractivity contribution in [3.05, 3.63) is 41.0 Å². The monoisotopic (exact) mass is 228 g/mol. The predicted octanol–water partition coefficient (Wildman–Crippen LogP) is 4.37. The van der Waals surface area contributed by atoms with Crippen LogP contribution in [-0.2, 0) is 12.8 Å². The molecule has 0 fully saturated rings. The molecule has 0 amide bonds. The van der Waals surface area contributed by atoms with E-state index >= 15 is 0 Å². The van der Waals surface area contributed by atoms with Crippen LogP contribution in [0.15, 0.2) is 24.3 Å². The van der Waals surface area contributed by atoms with Gasteiger partial charge >= 0.3 is 0 Å². The first kappa shape index (κ1) is 12.0. The van der Waals surface area contributed by atoms with E-state index in [1.807, 2.05) is 6.07 Å². The van der Waals surface area contributed by atoms with Crippen LogP contribution in [0.3, 0.4) is 0 Å². The zero-order valence-electron chi connectivity index (χ0n) is 10.9. The highest BCUT2D eigenvalue weighted by atomic mass is 16.3. The molecule has 0 unspecified atom stereocenters. The van der Waals surface area contributed by atoms with E-state index in [1.54, 1.807) is 0 Å². The second-order valence-corrected chi connectivity index (χ2v) is 4.69. The second-order valence-electron chi connectivity index (χ2n) is 4.69. The van der Waals surface area contributed by atoms with Crippen molar-refractivity contribution in [2.75, 3.05) is 0 Å². The van der Waals surface area contributed by atoms with Gasteiger partial charge in [-0.3, -0.25) is 0 Å². The molecule has 0 aliphatic carbocycles. The van der Waals surface area contributed by atoms with Crippen LogP contribution in [0.2, 0.25) is 0 Å². The number of aromatic hydroxyl groups is 1. The molecule has 0 aliphatic heterocycles. The third-order valence-electron chi connectivity index (χ3n) is 3.35. The topological polar surface area (TPSA) is 20.2 Å². The zero-order valence-corrected chi connectivity index (χ0v) is 10.9. The fraction of sp³-hybridized carbons (Fsp3) is 0.375. The lowest BCUT2D eigenvalue weighted by molar-refractivity contribution is 0.468. The van der Waals surface area contributed by atoms with Crippen molar-refractivity contribution in [3.63, 3.8) is 0 Å². The lowest BCUT2D eigenvalue weighted by Crippen LogP contribution is -1.93. The van der Waals surface area contributed by atoms with E-state index in [9.17, 15) is 5.11 Å². The van der Waals surface area contributed by atoms with Crippen LogP contribution in [0.1, 0.15) is 37.0 Å². The first-order valence-electron chi connectivity index (χ1n) is 6.41. The van der Waals surface area contributed by atoms with E-state index in [2.05, 4.69) is 39.0 Å². The van der Waals surface area contributed by atoms with Gasteiger partial charge in [-0.25, -0.2) is 0 Å². The van der Waals surface area contributed by atoms with Gasteiger partial charge in [0.05, 0.1) is 0 Å². The van der Waals surface area contributed by atoms with Crippen LogP contribution < -0.4 is 0 Å². The van der Waals surface area contributed by atoms with Crippen LogP contribution in [0.25, 0.3) is 10.8 Å². The highest BCUT2D eigenvalue weighted by Crippen LogP contribution is 2.32. The molecule has 90 valence electrons. The van der Waals surface area contributed by atoms with Gasteiger partial charge < -0.3 is 5.11 Å². The average molecular weight is 228 g/mol. The second kappa shape index (κ2) is 4.79. The van der Waals surface area contributed by atoms with Gasteiger partial charge in [-0.15, -0.1) is 0 Å². The number of fused-ring (bicyclic) bond motifs is 1. The third kappa shape index (κ3) is 2.14. The maximum Gasteiger partial charge on any atom is 0.119 e. The van der Waals surface area contributed by atoms with Gasteiger partial charge in [0.15, 0.2) is 0 Å². The van der Waals surface area contributed by atoms with Crippen molar-refractivity contribution in [2.24, 2.45) is 0 Å². The summed E-state index contributed by atoms with van der Waals surface area (Å²) < 4.78 is 0. The standard InChI is InChI=1S/C16H20O/c1-4-6-14-15-9-11(3)7-8-13(15)12(5-2)10-16(14)17/h7-10,17H,4-6H2,1-3H3. The molecule has 0 aliphatic rings. The van der Waals surface area contributed by atoms with E-state index in [0.717, 1.165) is 24.8 Å². The van der Waals surface area contributed by atoms with Crippen LogP contribution >= 0.6 is 0 Å². The number of hydrogen-bond donors (Lipinski definition) is 1. The number of rotatable bonds is 3. The Balaban J connectivity index is 2.79. The Bertz CT molecular complexity index is 541. The van der Waals surface area contributed by atoms with Gasteiger partial charge in [-0.05, 0) is 42.2 Å². The summed E-state index contributed by atoms with van der Waals surface area (Å²) in [6, 6.07) is 8.46. The first-order chi connectivity index (χ1) is 8.17. The van der Waals surface area contributed by atoms with Gasteiger partial charge in [-0.2, -0.15) is 0 Å². The summed E-state index contributed by atoms with van der Waals surface area (Å²) >= 11 is 0. The van der Waals surface area contributed by atoms with Crippen molar-refractivity contribution < 1.29 is 5.11 Å². The minimum absolute atomic E-state index is 0.460. The molecular weight excluding hydrogens is 208 g/mol. The molecule has 1 heteroatoms. The van der Waals surface area contributed by atoms with Crippen molar-refractivity contribution in [3.8, 4) is 5.75 Å². The Kier molecular flexibility index (Phi) is 3.37. The van der Waals surface area contributed by atoms with Crippen LogP contribution in [0.4, 0.5) is 0 Å². The molecule has 2 aromatic rings. The summed E-state index contributed by atoms with van der Waals surface area (Å²) in [5, 5.41) is 12.7. The Hall–Kier alpha value is -1.50. The first-order valence-corrected chi connectivity index (χ1v) is 6.41. The molecule has 0 saturated carbocycles. The number of phenolic OH excluding ortho intramolecular Hbond substituents is 1. The van der Waals surface area contributed by atoms with Crippen molar-refractivity contribution >= 4 is 10.8 Å². The van der Waals surface area contributed by atoms with Gasteiger partial charge in [0.2, 0.25) is 0 Å². The maximum atomic E-state index is 10.1. The minimum Gasteiger partial charge on any atom is -0.508 e. The summed E-state index contributed by atoms with van der Waals surface area (Å²) in [5.41, 5.74) is 3.59. The third-order valence-corrected chi connectivity index (χ3v) is 3.35. The SMILES string of the molecule is CCCc1c(O)cc(CC)c2ccc(C)cc12. The van der Waals surface area contributed by atoms with E-state index in [0.29, 0.717) is 5.75 Å². The summed E-state index contributed by atoms with van der Waals surface area (Å²) in [6.45, 7) is 6.38. The van der Waals surface area contributed by atoms with E-state index < -0.39 is 0 Å². The summed E-state index contributed by atoms with van der Waals surface area (Å²) in [4.78, 5) is 0. The number of hydrogen-bond acceptors (Lipinski definition) is 1. The molecule has 17 heavy (non-hydrogen) atoms. The van der Waals surface area contributed by atoms with E-state index in [1.165, 1.54) is 21.9 Å². The molecule has 0 aromatic heterocycles.